The molecule has 5 heteroatoms. The molecule has 1 aliphatic rings. The maximum atomic E-state index is 12.1. The van der Waals surface area contributed by atoms with Crippen LogP contribution < -0.4 is 5.73 Å². The number of hydrogen-bond donors (Lipinski definition) is 2. The lowest BCUT2D eigenvalue weighted by atomic mass is 9.84. The zero-order chi connectivity index (χ0) is 13.8. The number of carboxylic acids is 1. The van der Waals surface area contributed by atoms with Crippen LogP contribution in [0.1, 0.15) is 46.0 Å². The second-order valence-corrected chi connectivity index (χ2v) is 5.20. The number of nitrogens with zero attached hydrogens (tertiary/aromatic N) is 1. The average Bonchev–Trinajstić information content (AvgIpc) is 2.80. The van der Waals surface area contributed by atoms with E-state index in [-0.39, 0.29) is 5.91 Å². The van der Waals surface area contributed by atoms with Gasteiger partial charge >= 0.3 is 5.97 Å². The molecule has 5 nitrogen and oxygen atoms in total. The standard InChI is InChI=1S/C13H24N2O3/c1-3-5-6-10(14)11(16)15-8-7-13(4-2,9-15)12(17)18/h10H,3-9,14H2,1-2H3,(H,17,18). The molecule has 1 heterocycles. The zero-order valence-electron chi connectivity index (χ0n) is 11.3. The van der Waals surface area contributed by atoms with Gasteiger partial charge in [-0.25, -0.2) is 0 Å². The van der Waals surface area contributed by atoms with E-state index in [1.165, 1.54) is 0 Å². The highest BCUT2D eigenvalue weighted by Gasteiger charge is 2.45. The summed E-state index contributed by atoms with van der Waals surface area (Å²) >= 11 is 0. The van der Waals surface area contributed by atoms with Crippen LogP contribution in [0.2, 0.25) is 0 Å². The van der Waals surface area contributed by atoms with Gasteiger partial charge in [0.05, 0.1) is 11.5 Å². The first-order valence-electron chi connectivity index (χ1n) is 6.74. The molecule has 2 atom stereocenters. The third-order valence-corrected chi connectivity index (χ3v) is 3.98. The normalized spacial score (nSPS) is 25.2. The van der Waals surface area contributed by atoms with Crippen molar-refractivity contribution in [1.82, 2.24) is 4.90 Å². The zero-order valence-corrected chi connectivity index (χ0v) is 11.3. The molecule has 1 amide bonds. The lowest BCUT2D eigenvalue weighted by Gasteiger charge is -2.24. The highest BCUT2D eigenvalue weighted by molar-refractivity contribution is 5.84. The van der Waals surface area contributed by atoms with Crippen molar-refractivity contribution in [3.8, 4) is 0 Å². The van der Waals surface area contributed by atoms with E-state index < -0.39 is 17.4 Å². The third kappa shape index (κ3) is 3.02. The molecule has 0 aromatic carbocycles. The molecule has 0 aliphatic carbocycles. The summed E-state index contributed by atoms with van der Waals surface area (Å²) in [5.74, 6) is -0.901. The van der Waals surface area contributed by atoms with Gasteiger partial charge in [-0.1, -0.05) is 26.7 Å². The molecule has 0 aromatic rings. The fourth-order valence-corrected chi connectivity index (χ4v) is 2.46. The van der Waals surface area contributed by atoms with Gasteiger partial charge in [-0.05, 0) is 19.3 Å². The number of hydrogen-bond acceptors (Lipinski definition) is 3. The minimum Gasteiger partial charge on any atom is -0.481 e. The van der Waals surface area contributed by atoms with Crippen molar-refractivity contribution < 1.29 is 14.7 Å². The van der Waals surface area contributed by atoms with E-state index >= 15 is 0 Å². The molecule has 0 bridgehead atoms. The van der Waals surface area contributed by atoms with E-state index in [4.69, 9.17) is 5.73 Å². The van der Waals surface area contributed by atoms with Gasteiger partial charge in [-0.3, -0.25) is 9.59 Å². The van der Waals surface area contributed by atoms with Gasteiger partial charge in [-0.2, -0.15) is 0 Å². The van der Waals surface area contributed by atoms with Crippen molar-refractivity contribution in [2.45, 2.75) is 52.0 Å². The molecule has 2 unspecified atom stereocenters. The molecular weight excluding hydrogens is 232 g/mol. The van der Waals surface area contributed by atoms with Crippen LogP contribution in [0.15, 0.2) is 0 Å². The molecule has 0 radical (unpaired) electrons. The fourth-order valence-electron chi connectivity index (χ4n) is 2.46. The number of carbonyl (C=O) groups is 2. The smallest absolute Gasteiger partial charge is 0.311 e. The van der Waals surface area contributed by atoms with Crippen LogP contribution in [-0.4, -0.2) is 41.0 Å². The van der Waals surface area contributed by atoms with Gasteiger partial charge < -0.3 is 15.7 Å². The minimum absolute atomic E-state index is 0.0972. The Labute approximate surface area is 108 Å². The SMILES string of the molecule is CCCCC(N)C(=O)N1CCC(CC)(C(=O)O)C1. The summed E-state index contributed by atoms with van der Waals surface area (Å²) in [5, 5.41) is 9.27. The maximum absolute atomic E-state index is 12.1. The van der Waals surface area contributed by atoms with Crippen molar-refractivity contribution in [2.24, 2.45) is 11.1 Å². The van der Waals surface area contributed by atoms with E-state index in [9.17, 15) is 14.7 Å². The molecule has 1 aliphatic heterocycles. The Balaban J connectivity index is 2.60. The topological polar surface area (TPSA) is 83.6 Å². The van der Waals surface area contributed by atoms with Crippen LogP contribution in [0, 0.1) is 5.41 Å². The Bertz CT molecular complexity index is 319. The number of aliphatic carboxylic acids is 1. The second kappa shape index (κ2) is 6.18. The number of amides is 1. The van der Waals surface area contributed by atoms with Crippen LogP contribution in [0.4, 0.5) is 0 Å². The molecule has 3 N–H and O–H groups in total. The second-order valence-electron chi connectivity index (χ2n) is 5.20. The van der Waals surface area contributed by atoms with E-state index in [0.717, 1.165) is 12.8 Å². The number of carboxylic acid groups (broad SMARTS) is 1. The van der Waals surface area contributed by atoms with Gasteiger partial charge in [0.25, 0.3) is 0 Å². The lowest BCUT2D eigenvalue weighted by Crippen LogP contribution is -2.44. The molecule has 1 fully saturated rings. The largest absolute Gasteiger partial charge is 0.481 e. The Morgan fingerprint density at radius 3 is 2.56 bits per heavy atom. The average molecular weight is 256 g/mol. The van der Waals surface area contributed by atoms with Crippen molar-refractivity contribution in [2.75, 3.05) is 13.1 Å². The van der Waals surface area contributed by atoms with Gasteiger partial charge in [0.15, 0.2) is 0 Å². The quantitative estimate of drug-likeness (QED) is 0.748. The summed E-state index contributed by atoms with van der Waals surface area (Å²) in [6, 6.07) is -0.480. The maximum Gasteiger partial charge on any atom is 0.311 e. The Morgan fingerprint density at radius 1 is 1.44 bits per heavy atom. The molecule has 104 valence electrons. The minimum atomic E-state index is -0.803. The number of carbonyl (C=O) groups excluding carboxylic acids is 1. The summed E-state index contributed by atoms with van der Waals surface area (Å²) in [5.41, 5.74) is 5.09. The van der Waals surface area contributed by atoms with Gasteiger partial charge in [0.1, 0.15) is 0 Å². The van der Waals surface area contributed by atoms with Crippen LogP contribution in [0.25, 0.3) is 0 Å². The highest BCUT2D eigenvalue weighted by atomic mass is 16.4. The van der Waals surface area contributed by atoms with Gasteiger partial charge in [0, 0.05) is 13.1 Å². The Morgan fingerprint density at radius 2 is 2.11 bits per heavy atom. The van der Waals surface area contributed by atoms with E-state index in [0.29, 0.717) is 32.4 Å². The van der Waals surface area contributed by atoms with Crippen LogP contribution >= 0.6 is 0 Å². The molecule has 1 saturated heterocycles. The summed E-state index contributed by atoms with van der Waals surface area (Å²) in [6.45, 7) is 4.73. The van der Waals surface area contributed by atoms with E-state index in [1.54, 1.807) is 4.90 Å². The monoisotopic (exact) mass is 256 g/mol. The van der Waals surface area contributed by atoms with Crippen LogP contribution in [-0.2, 0) is 9.59 Å². The van der Waals surface area contributed by atoms with Gasteiger partial charge in [-0.15, -0.1) is 0 Å². The molecule has 0 saturated carbocycles. The van der Waals surface area contributed by atoms with Crippen molar-refractivity contribution in [3.63, 3.8) is 0 Å². The molecule has 0 aromatic heterocycles. The van der Waals surface area contributed by atoms with E-state index in [1.807, 2.05) is 6.92 Å². The van der Waals surface area contributed by atoms with Crippen molar-refractivity contribution in [1.29, 1.82) is 0 Å². The number of nitrogens with two attached hydrogens (primary N) is 1. The first-order chi connectivity index (χ1) is 8.46. The number of rotatable bonds is 6. The van der Waals surface area contributed by atoms with Crippen molar-refractivity contribution >= 4 is 11.9 Å². The Hall–Kier alpha value is -1.10. The van der Waals surface area contributed by atoms with Crippen LogP contribution in [0.5, 0.6) is 0 Å². The third-order valence-electron chi connectivity index (χ3n) is 3.98. The van der Waals surface area contributed by atoms with E-state index in [2.05, 4.69) is 6.92 Å². The highest BCUT2D eigenvalue weighted by Crippen LogP contribution is 2.34. The predicted molar refractivity (Wildman–Crippen MR) is 69.1 cm³/mol. The molecule has 18 heavy (non-hydrogen) atoms. The van der Waals surface area contributed by atoms with Crippen LogP contribution in [0.3, 0.4) is 0 Å². The predicted octanol–water partition coefficient (Wildman–Crippen LogP) is 1.22. The number of likely N-dealkylation sites (tertiary alicyclic amines) is 1. The van der Waals surface area contributed by atoms with Gasteiger partial charge in [0.2, 0.25) is 5.91 Å². The lowest BCUT2D eigenvalue weighted by molar-refractivity contribution is -0.148. The summed E-state index contributed by atoms with van der Waals surface area (Å²) in [7, 11) is 0. The summed E-state index contributed by atoms with van der Waals surface area (Å²) < 4.78 is 0. The molecular formula is C13H24N2O3. The molecule has 1 rings (SSSR count). The summed E-state index contributed by atoms with van der Waals surface area (Å²) in [4.78, 5) is 25.0. The summed E-state index contributed by atoms with van der Waals surface area (Å²) in [6.07, 6.45) is 3.70. The number of unbranched alkanes of at least 4 members (excludes halogenated alkanes) is 1. The fraction of sp³-hybridized carbons (Fsp3) is 0.846. The first-order valence-corrected chi connectivity index (χ1v) is 6.74. The first kappa shape index (κ1) is 15.0. The molecule has 0 spiro atoms. The van der Waals surface area contributed by atoms with Crippen molar-refractivity contribution in [3.05, 3.63) is 0 Å². The Kier molecular flexibility index (Phi) is 5.14.